The second-order valence-corrected chi connectivity index (χ2v) is 3.30. The monoisotopic (exact) mass is 185 g/mol. The Labute approximate surface area is 71.4 Å². The Morgan fingerprint density at radius 1 is 1.17 bits per heavy atom. The lowest BCUT2D eigenvalue weighted by atomic mass is 10.2. The highest BCUT2D eigenvalue weighted by Crippen LogP contribution is 2.31. The minimum atomic E-state index is -0.467. The van der Waals surface area contributed by atoms with Gasteiger partial charge < -0.3 is 5.73 Å². The number of nitrogen functional groups attached to an aromatic ring is 1. The number of nitrogens with two attached hydrogens (primary N) is 1. The van der Waals surface area contributed by atoms with Crippen LogP contribution < -0.4 is 5.73 Å². The predicted molar refractivity (Wildman–Crippen MR) is 46.2 cm³/mol. The number of thiophene rings is 1. The van der Waals surface area contributed by atoms with Gasteiger partial charge in [-0.25, -0.2) is 8.78 Å². The second-order valence-electron chi connectivity index (χ2n) is 2.42. The summed E-state index contributed by atoms with van der Waals surface area (Å²) >= 11 is 1.11. The minimum Gasteiger partial charge on any atom is -0.397 e. The number of halogens is 2. The maximum Gasteiger partial charge on any atom is 0.141 e. The summed E-state index contributed by atoms with van der Waals surface area (Å²) in [6.07, 6.45) is 0. The van der Waals surface area contributed by atoms with Crippen LogP contribution in [0.4, 0.5) is 14.5 Å². The number of hydrogen-bond donors (Lipinski definition) is 1. The maximum absolute atomic E-state index is 13.0. The first-order valence-electron chi connectivity index (χ1n) is 3.31. The van der Waals surface area contributed by atoms with E-state index in [-0.39, 0.29) is 10.1 Å². The second kappa shape index (κ2) is 2.42. The molecule has 0 aliphatic heterocycles. The molecule has 0 aliphatic carbocycles. The molecule has 0 radical (unpaired) electrons. The van der Waals surface area contributed by atoms with Gasteiger partial charge in [0.1, 0.15) is 11.6 Å². The van der Waals surface area contributed by atoms with E-state index >= 15 is 0 Å². The number of benzene rings is 1. The molecular formula is C8H5F2NS. The number of rotatable bonds is 0. The van der Waals surface area contributed by atoms with Crippen molar-refractivity contribution < 1.29 is 8.78 Å². The summed E-state index contributed by atoms with van der Waals surface area (Å²) in [5.74, 6) is -0.891. The van der Waals surface area contributed by atoms with Crippen molar-refractivity contribution in [2.45, 2.75) is 0 Å². The van der Waals surface area contributed by atoms with Gasteiger partial charge in [0, 0.05) is 5.38 Å². The van der Waals surface area contributed by atoms with Crippen molar-refractivity contribution >= 4 is 27.1 Å². The molecule has 0 atom stereocenters. The van der Waals surface area contributed by atoms with E-state index in [1.54, 1.807) is 0 Å². The molecule has 12 heavy (non-hydrogen) atoms. The molecule has 1 aromatic heterocycles. The van der Waals surface area contributed by atoms with Crippen molar-refractivity contribution in [1.29, 1.82) is 0 Å². The Morgan fingerprint density at radius 3 is 2.50 bits per heavy atom. The van der Waals surface area contributed by atoms with Crippen LogP contribution in [0.1, 0.15) is 0 Å². The van der Waals surface area contributed by atoms with Crippen LogP contribution >= 0.6 is 11.3 Å². The highest BCUT2D eigenvalue weighted by Gasteiger charge is 2.10. The molecule has 1 heterocycles. The van der Waals surface area contributed by atoms with Crippen LogP contribution in [0.2, 0.25) is 0 Å². The molecule has 0 unspecified atom stereocenters. The third-order valence-corrected chi connectivity index (χ3v) is 2.66. The van der Waals surface area contributed by atoms with Gasteiger partial charge in [-0.15, -0.1) is 11.3 Å². The summed E-state index contributed by atoms with van der Waals surface area (Å²) in [5.41, 5.74) is 5.75. The van der Waals surface area contributed by atoms with E-state index in [0.29, 0.717) is 5.69 Å². The molecule has 4 heteroatoms. The normalized spacial score (nSPS) is 10.8. The van der Waals surface area contributed by atoms with Crippen LogP contribution in [0.5, 0.6) is 0 Å². The standard InChI is InChI=1S/C8H5F2NS/c9-4-1-2-5(10)8-7(4)6(11)3-12-8/h1-3H,11H2. The van der Waals surface area contributed by atoms with Gasteiger partial charge in [-0.1, -0.05) is 0 Å². The van der Waals surface area contributed by atoms with Crippen molar-refractivity contribution in [2.75, 3.05) is 5.73 Å². The lowest BCUT2D eigenvalue weighted by Crippen LogP contribution is -1.85. The number of hydrogen-bond acceptors (Lipinski definition) is 2. The third kappa shape index (κ3) is 0.881. The summed E-state index contributed by atoms with van der Waals surface area (Å²) in [6, 6.07) is 2.19. The molecule has 1 nitrogen and oxygen atoms in total. The van der Waals surface area contributed by atoms with E-state index in [0.717, 1.165) is 23.5 Å². The van der Waals surface area contributed by atoms with Crippen LogP contribution in [0.25, 0.3) is 10.1 Å². The Kier molecular flexibility index (Phi) is 1.51. The van der Waals surface area contributed by atoms with Gasteiger partial charge in [0.15, 0.2) is 0 Å². The van der Waals surface area contributed by atoms with Crippen LogP contribution in [0.15, 0.2) is 17.5 Å². The maximum atomic E-state index is 13.0. The largest absolute Gasteiger partial charge is 0.397 e. The van der Waals surface area contributed by atoms with Crippen LogP contribution in [-0.2, 0) is 0 Å². The quantitative estimate of drug-likeness (QED) is 0.671. The smallest absolute Gasteiger partial charge is 0.141 e. The highest BCUT2D eigenvalue weighted by atomic mass is 32.1. The van der Waals surface area contributed by atoms with E-state index in [2.05, 4.69) is 0 Å². The van der Waals surface area contributed by atoms with Gasteiger partial charge in [0.2, 0.25) is 0 Å². The molecule has 62 valence electrons. The van der Waals surface area contributed by atoms with Crippen LogP contribution in [0, 0.1) is 11.6 Å². The van der Waals surface area contributed by atoms with E-state index < -0.39 is 11.6 Å². The topological polar surface area (TPSA) is 26.0 Å². The van der Waals surface area contributed by atoms with Crippen molar-refractivity contribution in [3.63, 3.8) is 0 Å². The molecule has 0 bridgehead atoms. The highest BCUT2D eigenvalue weighted by molar-refractivity contribution is 7.17. The van der Waals surface area contributed by atoms with Crippen molar-refractivity contribution in [1.82, 2.24) is 0 Å². The summed E-state index contributed by atoms with van der Waals surface area (Å²) in [4.78, 5) is 0. The molecule has 1 aromatic carbocycles. The molecule has 0 amide bonds. The summed E-state index contributed by atoms with van der Waals surface area (Å²) in [7, 11) is 0. The molecular weight excluding hydrogens is 180 g/mol. The van der Waals surface area contributed by atoms with Crippen molar-refractivity contribution in [3.8, 4) is 0 Å². The summed E-state index contributed by atoms with van der Waals surface area (Å²) in [5, 5.41) is 1.73. The number of anilines is 1. The lowest BCUT2D eigenvalue weighted by Gasteiger charge is -1.94. The van der Waals surface area contributed by atoms with E-state index in [4.69, 9.17) is 5.73 Å². The summed E-state index contributed by atoms with van der Waals surface area (Å²) in [6.45, 7) is 0. The first-order chi connectivity index (χ1) is 5.70. The Balaban J connectivity index is 2.98. The zero-order valence-corrected chi connectivity index (χ0v) is 6.79. The number of fused-ring (bicyclic) bond motifs is 1. The van der Waals surface area contributed by atoms with E-state index in [1.165, 1.54) is 5.38 Å². The molecule has 0 aliphatic rings. The van der Waals surface area contributed by atoms with Gasteiger partial charge >= 0.3 is 0 Å². The fourth-order valence-corrected chi connectivity index (χ4v) is 1.98. The lowest BCUT2D eigenvalue weighted by molar-refractivity contribution is 0.619. The molecule has 2 rings (SSSR count). The van der Waals surface area contributed by atoms with E-state index in [1.807, 2.05) is 0 Å². The SMILES string of the molecule is Nc1csc2c(F)ccc(F)c12. The molecule has 2 N–H and O–H groups in total. The predicted octanol–water partition coefficient (Wildman–Crippen LogP) is 2.76. The first-order valence-corrected chi connectivity index (χ1v) is 4.19. The van der Waals surface area contributed by atoms with Crippen molar-refractivity contribution in [2.24, 2.45) is 0 Å². The Morgan fingerprint density at radius 2 is 1.83 bits per heavy atom. The first kappa shape index (κ1) is 7.49. The van der Waals surface area contributed by atoms with Crippen LogP contribution in [-0.4, -0.2) is 0 Å². The fourth-order valence-electron chi connectivity index (χ4n) is 1.10. The van der Waals surface area contributed by atoms with Gasteiger partial charge in [0.25, 0.3) is 0 Å². The van der Waals surface area contributed by atoms with Crippen LogP contribution in [0.3, 0.4) is 0 Å². The zero-order valence-electron chi connectivity index (χ0n) is 5.97. The molecule has 2 aromatic rings. The Hall–Kier alpha value is -1.16. The van der Waals surface area contributed by atoms with Gasteiger partial charge in [-0.3, -0.25) is 0 Å². The average Bonchev–Trinajstić information content (AvgIpc) is 2.42. The fraction of sp³-hybridized carbons (Fsp3) is 0. The molecule has 0 saturated heterocycles. The van der Waals surface area contributed by atoms with Crippen molar-refractivity contribution in [3.05, 3.63) is 29.1 Å². The van der Waals surface area contributed by atoms with E-state index in [9.17, 15) is 8.78 Å². The average molecular weight is 185 g/mol. The van der Waals surface area contributed by atoms with Gasteiger partial charge in [-0.2, -0.15) is 0 Å². The van der Waals surface area contributed by atoms with Gasteiger partial charge in [0.05, 0.1) is 15.8 Å². The zero-order chi connectivity index (χ0) is 8.72. The molecule has 0 fully saturated rings. The summed E-state index contributed by atoms with van der Waals surface area (Å²) < 4.78 is 26.3. The minimum absolute atomic E-state index is 0.194. The third-order valence-electron chi connectivity index (χ3n) is 1.65. The van der Waals surface area contributed by atoms with Gasteiger partial charge in [-0.05, 0) is 12.1 Å². The molecule has 0 saturated carbocycles. The Bertz CT molecular complexity index is 436. The molecule has 0 spiro atoms.